The van der Waals surface area contributed by atoms with E-state index in [0.29, 0.717) is 12.1 Å². The van der Waals surface area contributed by atoms with Gasteiger partial charge >= 0.3 is 0 Å². The summed E-state index contributed by atoms with van der Waals surface area (Å²) in [5.41, 5.74) is 0. The van der Waals surface area contributed by atoms with Gasteiger partial charge in [-0.2, -0.15) is 0 Å². The molecule has 0 amide bonds. The van der Waals surface area contributed by atoms with Crippen molar-refractivity contribution in [2.24, 2.45) is 5.92 Å². The Labute approximate surface area is 132 Å². The number of unbranched alkanes of at least 4 members (excludes halogenated alkanes) is 3. The predicted octanol–water partition coefficient (Wildman–Crippen LogP) is 3.68. The van der Waals surface area contributed by atoms with Crippen molar-refractivity contribution in [2.45, 2.75) is 78.3 Å². The Morgan fingerprint density at radius 1 is 1.05 bits per heavy atom. The molecule has 0 radical (unpaired) electrons. The minimum atomic E-state index is 0.651. The monoisotopic (exact) mass is 298 g/mol. The van der Waals surface area contributed by atoms with E-state index < -0.39 is 0 Å². The van der Waals surface area contributed by atoms with Crippen molar-refractivity contribution >= 4 is 0 Å². The molecule has 1 N–H and O–H groups in total. The summed E-state index contributed by atoms with van der Waals surface area (Å²) in [5.74, 6) is 0.763. The van der Waals surface area contributed by atoms with Crippen LogP contribution in [0, 0.1) is 5.92 Å². The average molecular weight is 299 g/mol. The number of hydrogen-bond donors (Lipinski definition) is 1. The second kappa shape index (κ2) is 11.4. The lowest BCUT2D eigenvalue weighted by atomic mass is 10.0. The maximum Gasteiger partial charge on any atom is 0.0594 e. The molecule has 0 spiro atoms. The van der Waals surface area contributed by atoms with Crippen LogP contribution in [0.25, 0.3) is 0 Å². The third kappa shape index (κ3) is 8.80. The summed E-state index contributed by atoms with van der Waals surface area (Å²) >= 11 is 0. The van der Waals surface area contributed by atoms with Gasteiger partial charge in [0.1, 0.15) is 0 Å². The second-order valence-electron chi connectivity index (χ2n) is 7.09. The summed E-state index contributed by atoms with van der Waals surface area (Å²) < 4.78 is 5.49. The number of nitrogens with zero attached hydrogens (tertiary/aromatic N) is 1. The van der Waals surface area contributed by atoms with Crippen molar-refractivity contribution in [1.82, 2.24) is 10.2 Å². The first-order chi connectivity index (χ1) is 10.1. The molecule has 0 saturated carbocycles. The summed E-state index contributed by atoms with van der Waals surface area (Å²) in [4.78, 5) is 2.63. The lowest BCUT2D eigenvalue weighted by molar-refractivity contribution is 0.0118. The molecule has 1 fully saturated rings. The Morgan fingerprint density at radius 2 is 1.76 bits per heavy atom. The lowest BCUT2D eigenvalue weighted by Gasteiger charge is -2.36. The van der Waals surface area contributed by atoms with Gasteiger partial charge in [-0.3, -0.25) is 4.90 Å². The van der Waals surface area contributed by atoms with Crippen LogP contribution in [-0.4, -0.2) is 49.8 Å². The van der Waals surface area contributed by atoms with Crippen molar-refractivity contribution in [3.63, 3.8) is 0 Å². The quantitative estimate of drug-likeness (QED) is 0.589. The Hall–Kier alpha value is -0.120. The third-order valence-corrected chi connectivity index (χ3v) is 4.50. The van der Waals surface area contributed by atoms with Gasteiger partial charge in [-0.1, -0.05) is 46.5 Å². The number of hydrogen-bond acceptors (Lipinski definition) is 3. The van der Waals surface area contributed by atoms with Crippen LogP contribution < -0.4 is 5.32 Å². The molecule has 1 heterocycles. The van der Waals surface area contributed by atoms with Gasteiger partial charge in [0.05, 0.1) is 13.2 Å². The van der Waals surface area contributed by atoms with Crippen molar-refractivity contribution in [3.05, 3.63) is 0 Å². The first kappa shape index (κ1) is 18.9. The van der Waals surface area contributed by atoms with E-state index in [1.54, 1.807) is 0 Å². The minimum Gasteiger partial charge on any atom is -0.379 e. The van der Waals surface area contributed by atoms with Crippen LogP contribution in [0.4, 0.5) is 0 Å². The highest BCUT2D eigenvalue weighted by Gasteiger charge is 2.22. The summed E-state index contributed by atoms with van der Waals surface area (Å²) in [6.07, 6.45) is 8.08. The highest BCUT2D eigenvalue weighted by molar-refractivity contribution is 4.78. The molecule has 0 bridgehead atoms. The molecule has 21 heavy (non-hydrogen) atoms. The molecular weight excluding hydrogens is 260 g/mol. The predicted molar refractivity (Wildman–Crippen MR) is 91.9 cm³/mol. The van der Waals surface area contributed by atoms with E-state index in [0.717, 1.165) is 38.8 Å². The van der Waals surface area contributed by atoms with E-state index in [9.17, 15) is 0 Å². The van der Waals surface area contributed by atoms with Gasteiger partial charge < -0.3 is 10.1 Å². The van der Waals surface area contributed by atoms with Gasteiger partial charge in [-0.25, -0.2) is 0 Å². The fraction of sp³-hybridized carbons (Fsp3) is 1.00. The molecule has 2 atom stereocenters. The maximum absolute atomic E-state index is 5.49. The minimum absolute atomic E-state index is 0.651. The highest BCUT2D eigenvalue weighted by Crippen LogP contribution is 2.14. The first-order valence-corrected chi connectivity index (χ1v) is 9.18. The summed E-state index contributed by atoms with van der Waals surface area (Å²) in [5, 5.41) is 3.78. The topological polar surface area (TPSA) is 24.5 Å². The molecular formula is C18H38N2O. The van der Waals surface area contributed by atoms with Gasteiger partial charge in [0.25, 0.3) is 0 Å². The molecule has 3 nitrogen and oxygen atoms in total. The molecule has 126 valence electrons. The fourth-order valence-corrected chi connectivity index (χ4v) is 3.16. The normalized spacial score (nSPS) is 19.9. The number of nitrogens with one attached hydrogen (secondary N) is 1. The summed E-state index contributed by atoms with van der Waals surface area (Å²) in [7, 11) is 0. The first-order valence-electron chi connectivity index (χ1n) is 9.18. The van der Waals surface area contributed by atoms with Crippen molar-refractivity contribution in [1.29, 1.82) is 0 Å². The second-order valence-corrected chi connectivity index (χ2v) is 7.09. The highest BCUT2D eigenvalue weighted by atomic mass is 16.5. The van der Waals surface area contributed by atoms with E-state index in [1.807, 2.05) is 0 Å². The van der Waals surface area contributed by atoms with E-state index in [1.165, 1.54) is 38.5 Å². The molecule has 0 aromatic heterocycles. The van der Waals surface area contributed by atoms with Crippen LogP contribution in [0.5, 0.6) is 0 Å². The van der Waals surface area contributed by atoms with Crippen LogP contribution in [0.15, 0.2) is 0 Å². The smallest absolute Gasteiger partial charge is 0.0594 e. The summed E-state index contributed by atoms with van der Waals surface area (Å²) in [6, 6.07) is 1.32. The zero-order valence-electron chi connectivity index (χ0n) is 14.9. The Morgan fingerprint density at radius 3 is 2.38 bits per heavy atom. The standard InChI is InChI=1S/C18H38N2O/c1-5-6-7-8-9-17(4)19-15-18(14-16(2)3)20-10-12-21-13-11-20/h16-19H,5-15H2,1-4H3. The van der Waals surface area contributed by atoms with E-state index >= 15 is 0 Å². The van der Waals surface area contributed by atoms with Gasteiger partial charge in [0.2, 0.25) is 0 Å². The average Bonchev–Trinajstić information content (AvgIpc) is 2.48. The number of morpholine rings is 1. The third-order valence-electron chi connectivity index (χ3n) is 4.50. The maximum atomic E-state index is 5.49. The van der Waals surface area contributed by atoms with Crippen LogP contribution in [-0.2, 0) is 4.74 Å². The molecule has 2 unspecified atom stereocenters. The van der Waals surface area contributed by atoms with E-state index in [2.05, 4.69) is 37.9 Å². The SMILES string of the molecule is CCCCCCC(C)NCC(CC(C)C)N1CCOCC1. The van der Waals surface area contributed by atoms with Crippen molar-refractivity contribution < 1.29 is 4.74 Å². The number of rotatable bonds is 11. The fourth-order valence-electron chi connectivity index (χ4n) is 3.16. The van der Waals surface area contributed by atoms with Crippen molar-refractivity contribution in [3.8, 4) is 0 Å². The van der Waals surface area contributed by atoms with Crippen LogP contribution in [0.3, 0.4) is 0 Å². The van der Waals surface area contributed by atoms with Crippen LogP contribution >= 0.6 is 0 Å². The zero-order valence-corrected chi connectivity index (χ0v) is 14.9. The van der Waals surface area contributed by atoms with Crippen LogP contribution in [0.2, 0.25) is 0 Å². The molecule has 0 aromatic rings. The summed E-state index contributed by atoms with van der Waals surface area (Å²) in [6.45, 7) is 14.4. The largest absolute Gasteiger partial charge is 0.379 e. The molecule has 1 saturated heterocycles. The zero-order chi connectivity index (χ0) is 15.5. The van der Waals surface area contributed by atoms with Gasteiger partial charge in [-0.15, -0.1) is 0 Å². The Bertz CT molecular complexity index is 239. The molecule has 1 aliphatic heterocycles. The van der Waals surface area contributed by atoms with Crippen molar-refractivity contribution in [2.75, 3.05) is 32.8 Å². The van der Waals surface area contributed by atoms with E-state index in [4.69, 9.17) is 4.74 Å². The van der Waals surface area contributed by atoms with Gasteiger partial charge in [-0.05, 0) is 25.7 Å². The molecule has 0 aliphatic carbocycles. The van der Waals surface area contributed by atoms with Gasteiger partial charge in [0, 0.05) is 31.7 Å². The molecule has 3 heteroatoms. The van der Waals surface area contributed by atoms with E-state index in [-0.39, 0.29) is 0 Å². The lowest BCUT2D eigenvalue weighted by Crippen LogP contribution is -2.49. The molecule has 1 aliphatic rings. The Kier molecular flexibility index (Phi) is 10.3. The van der Waals surface area contributed by atoms with Crippen LogP contribution in [0.1, 0.15) is 66.2 Å². The molecule has 1 rings (SSSR count). The Balaban J connectivity index is 2.27. The van der Waals surface area contributed by atoms with Gasteiger partial charge in [0.15, 0.2) is 0 Å². The molecule has 0 aromatic carbocycles. The number of ether oxygens (including phenoxy) is 1.